The Bertz CT molecular complexity index is 404. The van der Waals surface area contributed by atoms with Gasteiger partial charge in [0.25, 0.3) is 0 Å². The summed E-state index contributed by atoms with van der Waals surface area (Å²) in [6, 6.07) is 4.89. The van der Waals surface area contributed by atoms with Crippen LogP contribution < -0.4 is 0 Å². The van der Waals surface area contributed by atoms with E-state index in [0.29, 0.717) is 11.3 Å². The minimum absolute atomic E-state index is 0.0588. The Morgan fingerprint density at radius 3 is 2.69 bits per heavy atom. The van der Waals surface area contributed by atoms with E-state index >= 15 is 0 Å². The van der Waals surface area contributed by atoms with Gasteiger partial charge in [0.2, 0.25) is 0 Å². The van der Waals surface area contributed by atoms with Crippen molar-refractivity contribution < 1.29 is 9.18 Å². The zero-order chi connectivity index (χ0) is 12.3. The van der Waals surface area contributed by atoms with Crippen molar-refractivity contribution in [1.82, 2.24) is 0 Å². The number of hydrogen-bond acceptors (Lipinski definition) is 2. The van der Waals surface area contributed by atoms with E-state index in [1.165, 1.54) is 24.8 Å². The SMILES string of the molecule is CC(=O)SCC(C)(C)c1cc(Br)ccc1F. The first-order valence-electron chi connectivity index (χ1n) is 4.92. The molecule has 0 aromatic heterocycles. The molecule has 0 fully saturated rings. The number of rotatable bonds is 3. The second kappa shape index (κ2) is 5.32. The first-order chi connectivity index (χ1) is 7.33. The normalized spacial score (nSPS) is 11.6. The lowest BCUT2D eigenvalue weighted by Gasteiger charge is -2.25. The van der Waals surface area contributed by atoms with Crippen molar-refractivity contribution in [2.45, 2.75) is 26.2 Å². The molecule has 1 rings (SSSR count). The van der Waals surface area contributed by atoms with E-state index in [1.54, 1.807) is 12.1 Å². The molecule has 0 amide bonds. The highest BCUT2D eigenvalue weighted by Gasteiger charge is 2.25. The highest BCUT2D eigenvalue weighted by molar-refractivity contribution is 9.10. The van der Waals surface area contributed by atoms with Crippen molar-refractivity contribution in [2.24, 2.45) is 0 Å². The number of carbonyl (C=O) groups excluding carboxylic acids is 1. The van der Waals surface area contributed by atoms with Gasteiger partial charge in [0.1, 0.15) is 5.82 Å². The first kappa shape index (κ1) is 13.7. The van der Waals surface area contributed by atoms with Crippen LogP contribution in [-0.4, -0.2) is 10.9 Å². The summed E-state index contributed by atoms with van der Waals surface area (Å²) in [4.78, 5) is 10.9. The fourth-order valence-electron chi connectivity index (χ4n) is 1.38. The highest BCUT2D eigenvalue weighted by atomic mass is 79.9. The summed E-state index contributed by atoms with van der Waals surface area (Å²) in [5, 5.41) is 0.0588. The Morgan fingerprint density at radius 2 is 2.12 bits per heavy atom. The molecule has 1 nitrogen and oxygen atoms in total. The van der Waals surface area contributed by atoms with Gasteiger partial charge in [0.15, 0.2) is 5.12 Å². The van der Waals surface area contributed by atoms with Gasteiger partial charge < -0.3 is 0 Å². The summed E-state index contributed by atoms with van der Waals surface area (Å²) in [5.74, 6) is 0.354. The van der Waals surface area contributed by atoms with Crippen LogP contribution in [0.3, 0.4) is 0 Å². The predicted molar refractivity (Wildman–Crippen MR) is 70.3 cm³/mol. The molecule has 88 valence electrons. The molecular formula is C12H14BrFOS. The van der Waals surface area contributed by atoms with Gasteiger partial charge >= 0.3 is 0 Å². The van der Waals surface area contributed by atoms with Crippen molar-refractivity contribution in [3.05, 3.63) is 34.1 Å². The summed E-state index contributed by atoms with van der Waals surface area (Å²) in [5.41, 5.74) is 0.278. The van der Waals surface area contributed by atoms with Crippen LogP contribution in [0.15, 0.2) is 22.7 Å². The van der Waals surface area contributed by atoms with Gasteiger partial charge in [-0.05, 0) is 23.8 Å². The molecule has 0 saturated heterocycles. The molecule has 1 aromatic carbocycles. The number of benzene rings is 1. The molecule has 0 aliphatic rings. The Hall–Kier alpha value is -0.350. The smallest absolute Gasteiger partial charge is 0.185 e. The average Bonchev–Trinajstić information content (AvgIpc) is 2.19. The van der Waals surface area contributed by atoms with Crippen molar-refractivity contribution in [3.8, 4) is 0 Å². The first-order valence-corrected chi connectivity index (χ1v) is 6.70. The zero-order valence-corrected chi connectivity index (χ0v) is 11.9. The Balaban J connectivity index is 2.96. The minimum Gasteiger partial charge on any atom is -0.288 e. The van der Waals surface area contributed by atoms with Crippen molar-refractivity contribution >= 4 is 32.8 Å². The average molecular weight is 305 g/mol. The van der Waals surface area contributed by atoms with Gasteiger partial charge in [-0.25, -0.2) is 4.39 Å². The second-order valence-electron chi connectivity index (χ2n) is 4.29. The van der Waals surface area contributed by atoms with Crippen LogP contribution >= 0.6 is 27.7 Å². The molecule has 0 radical (unpaired) electrons. The highest BCUT2D eigenvalue weighted by Crippen LogP contribution is 2.31. The molecule has 0 aliphatic heterocycles. The Kier molecular flexibility index (Phi) is 4.56. The standard InChI is InChI=1S/C12H14BrFOS/c1-8(15)16-7-12(2,3)10-6-9(13)4-5-11(10)14/h4-6H,7H2,1-3H3. The largest absolute Gasteiger partial charge is 0.288 e. The van der Waals surface area contributed by atoms with E-state index in [9.17, 15) is 9.18 Å². The summed E-state index contributed by atoms with van der Waals surface area (Å²) in [6.07, 6.45) is 0. The van der Waals surface area contributed by atoms with Gasteiger partial charge in [-0.2, -0.15) is 0 Å². The van der Waals surface area contributed by atoms with E-state index in [-0.39, 0.29) is 16.3 Å². The molecule has 0 saturated carbocycles. The van der Waals surface area contributed by atoms with Crippen molar-refractivity contribution in [3.63, 3.8) is 0 Å². The number of thioether (sulfide) groups is 1. The summed E-state index contributed by atoms with van der Waals surface area (Å²) >= 11 is 4.56. The van der Waals surface area contributed by atoms with Gasteiger partial charge in [0, 0.05) is 22.6 Å². The van der Waals surface area contributed by atoms with Crippen LogP contribution in [-0.2, 0) is 10.2 Å². The molecule has 0 atom stereocenters. The van der Waals surface area contributed by atoms with E-state index in [0.717, 1.165) is 4.47 Å². The van der Waals surface area contributed by atoms with Gasteiger partial charge in [-0.3, -0.25) is 4.79 Å². The number of halogens is 2. The second-order valence-corrected chi connectivity index (χ2v) is 6.36. The molecule has 16 heavy (non-hydrogen) atoms. The van der Waals surface area contributed by atoms with Crippen LogP contribution in [0.5, 0.6) is 0 Å². The maximum atomic E-state index is 13.7. The summed E-state index contributed by atoms with van der Waals surface area (Å²) in [6.45, 7) is 5.40. The third-order valence-corrected chi connectivity index (χ3v) is 4.06. The van der Waals surface area contributed by atoms with E-state index in [1.807, 2.05) is 13.8 Å². The minimum atomic E-state index is -0.357. The van der Waals surface area contributed by atoms with E-state index in [4.69, 9.17) is 0 Å². The number of hydrogen-bond donors (Lipinski definition) is 0. The maximum absolute atomic E-state index is 13.7. The zero-order valence-electron chi connectivity index (χ0n) is 9.51. The molecule has 0 aliphatic carbocycles. The predicted octanol–water partition coefficient (Wildman–Crippen LogP) is 4.15. The summed E-state index contributed by atoms with van der Waals surface area (Å²) < 4.78 is 14.5. The van der Waals surface area contributed by atoms with Crippen molar-refractivity contribution in [1.29, 1.82) is 0 Å². The van der Waals surface area contributed by atoms with Crippen LogP contribution in [0.25, 0.3) is 0 Å². The lowest BCUT2D eigenvalue weighted by atomic mass is 9.86. The monoisotopic (exact) mass is 304 g/mol. The molecule has 0 N–H and O–H groups in total. The number of carbonyl (C=O) groups is 1. The third-order valence-electron chi connectivity index (χ3n) is 2.29. The molecule has 0 bridgehead atoms. The molecule has 4 heteroatoms. The molecule has 1 aromatic rings. The van der Waals surface area contributed by atoms with Crippen LogP contribution in [0, 0.1) is 5.82 Å². The lowest BCUT2D eigenvalue weighted by Crippen LogP contribution is -2.22. The molecular weight excluding hydrogens is 291 g/mol. The van der Waals surface area contributed by atoms with Gasteiger partial charge in [-0.1, -0.05) is 41.5 Å². The van der Waals surface area contributed by atoms with Gasteiger partial charge in [0.05, 0.1) is 0 Å². The van der Waals surface area contributed by atoms with Crippen LogP contribution in [0.2, 0.25) is 0 Å². The summed E-state index contributed by atoms with van der Waals surface area (Å²) in [7, 11) is 0. The topological polar surface area (TPSA) is 17.1 Å². The van der Waals surface area contributed by atoms with E-state index < -0.39 is 0 Å². The molecule has 0 heterocycles. The fourth-order valence-corrected chi connectivity index (χ4v) is 2.46. The molecule has 0 spiro atoms. The third kappa shape index (κ3) is 3.59. The van der Waals surface area contributed by atoms with E-state index in [2.05, 4.69) is 15.9 Å². The maximum Gasteiger partial charge on any atom is 0.185 e. The Morgan fingerprint density at radius 1 is 1.50 bits per heavy atom. The lowest BCUT2D eigenvalue weighted by molar-refractivity contribution is -0.109. The quantitative estimate of drug-likeness (QED) is 0.834. The Labute approximate surface area is 108 Å². The fraction of sp³-hybridized carbons (Fsp3) is 0.417. The van der Waals surface area contributed by atoms with Gasteiger partial charge in [-0.15, -0.1) is 0 Å². The van der Waals surface area contributed by atoms with Crippen LogP contribution in [0.4, 0.5) is 4.39 Å². The van der Waals surface area contributed by atoms with Crippen LogP contribution in [0.1, 0.15) is 26.3 Å². The molecule has 0 unspecified atom stereocenters. The van der Waals surface area contributed by atoms with Crippen molar-refractivity contribution in [2.75, 3.05) is 5.75 Å².